The Morgan fingerprint density at radius 2 is 0.960 bits per heavy atom. The number of H-pyrrole nitrogens is 2. The average molecular weight is 651 g/mol. The van der Waals surface area contributed by atoms with Crippen LogP contribution in [0.4, 0.5) is 0 Å². The summed E-state index contributed by atoms with van der Waals surface area (Å²) < 4.78 is 0. The van der Waals surface area contributed by atoms with Crippen molar-refractivity contribution >= 4 is 52.7 Å². The minimum absolute atomic E-state index is 0.630. The zero-order valence-corrected chi connectivity index (χ0v) is 29.2. The van der Waals surface area contributed by atoms with Crippen LogP contribution in [0, 0.1) is 41.5 Å². The van der Waals surface area contributed by atoms with E-state index in [1.54, 1.807) is 0 Å². The van der Waals surface area contributed by atoms with E-state index in [2.05, 4.69) is 130 Å². The molecule has 0 atom stereocenters. The number of aryl methyl sites for hydroxylation is 6. The van der Waals surface area contributed by atoms with Crippen LogP contribution in [0.1, 0.15) is 66.5 Å². The maximum absolute atomic E-state index is 11.6. The predicted molar refractivity (Wildman–Crippen MR) is 209 cm³/mol. The Labute approximate surface area is 292 Å². The second-order valence-electron chi connectivity index (χ2n) is 13.6. The average Bonchev–Trinajstić information content (AvgIpc) is 3.90. The van der Waals surface area contributed by atoms with E-state index in [4.69, 9.17) is 9.97 Å². The predicted octanol–water partition coefficient (Wildman–Crippen LogP) is 11.3. The number of aromatic amines is 2. The molecule has 2 N–H and O–H groups in total. The van der Waals surface area contributed by atoms with Gasteiger partial charge < -0.3 is 9.97 Å². The molecule has 0 spiro atoms. The van der Waals surface area contributed by atoms with Crippen LogP contribution < -0.4 is 0 Å². The Kier molecular flexibility index (Phi) is 7.56. The number of benzene rings is 3. The maximum Gasteiger partial charge on any atom is 0.150 e. The van der Waals surface area contributed by atoms with Gasteiger partial charge in [-0.15, -0.1) is 0 Å². The normalized spacial score (nSPS) is 12.1. The van der Waals surface area contributed by atoms with Crippen molar-refractivity contribution < 1.29 is 4.79 Å². The molecule has 0 radical (unpaired) electrons. The lowest BCUT2D eigenvalue weighted by atomic mass is 9.92. The molecule has 50 heavy (non-hydrogen) atoms. The molecule has 3 aromatic heterocycles. The van der Waals surface area contributed by atoms with E-state index in [0.29, 0.717) is 5.56 Å². The number of nitrogens with one attached hydrogen (secondary N) is 2. The van der Waals surface area contributed by atoms with Gasteiger partial charge in [-0.25, -0.2) is 9.97 Å². The summed E-state index contributed by atoms with van der Waals surface area (Å²) >= 11 is 0. The summed E-state index contributed by atoms with van der Waals surface area (Å²) in [6, 6.07) is 27.3. The number of aromatic nitrogens is 4. The van der Waals surface area contributed by atoms with Gasteiger partial charge in [0.2, 0.25) is 0 Å². The molecule has 0 saturated carbocycles. The number of nitrogens with zero attached hydrogens (tertiary/aromatic N) is 2. The number of hydrogen-bond acceptors (Lipinski definition) is 3. The molecule has 8 rings (SSSR count). The third kappa shape index (κ3) is 5.41. The van der Waals surface area contributed by atoms with E-state index < -0.39 is 0 Å². The zero-order valence-electron chi connectivity index (χ0n) is 29.2. The van der Waals surface area contributed by atoms with Gasteiger partial charge in [-0.3, -0.25) is 4.79 Å². The summed E-state index contributed by atoms with van der Waals surface area (Å²) in [5, 5.41) is 0. The first kappa shape index (κ1) is 31.2. The molecular weight excluding hydrogens is 613 g/mol. The monoisotopic (exact) mass is 650 g/mol. The van der Waals surface area contributed by atoms with Crippen molar-refractivity contribution in [2.45, 2.75) is 41.5 Å². The van der Waals surface area contributed by atoms with E-state index in [1.807, 2.05) is 24.3 Å². The molecule has 0 aliphatic carbocycles. The molecule has 5 heteroatoms. The quantitative estimate of drug-likeness (QED) is 0.186. The molecule has 244 valence electrons. The van der Waals surface area contributed by atoms with Crippen LogP contribution in [0.2, 0.25) is 0 Å². The Hall–Kier alpha value is -6.07. The van der Waals surface area contributed by atoms with Gasteiger partial charge >= 0.3 is 0 Å². The van der Waals surface area contributed by atoms with Gasteiger partial charge in [0.1, 0.15) is 6.29 Å². The Bertz CT molecular complexity index is 2510. The number of carbonyl (C=O) groups is 1. The number of hydrogen-bond donors (Lipinski definition) is 2. The fourth-order valence-corrected chi connectivity index (χ4v) is 7.85. The zero-order chi connectivity index (χ0) is 34.7. The fraction of sp³-hybridized carbons (Fsp3) is 0.133. The van der Waals surface area contributed by atoms with Crippen LogP contribution in [-0.4, -0.2) is 26.2 Å². The summed E-state index contributed by atoms with van der Waals surface area (Å²) in [6.07, 6.45) is 9.31. The minimum Gasteiger partial charge on any atom is -0.355 e. The first-order valence-electron chi connectivity index (χ1n) is 17.0. The largest absolute Gasteiger partial charge is 0.355 e. The molecule has 5 nitrogen and oxygen atoms in total. The molecule has 6 aromatic rings. The highest BCUT2D eigenvalue weighted by Crippen LogP contribution is 2.39. The van der Waals surface area contributed by atoms with Crippen LogP contribution >= 0.6 is 0 Å². The lowest BCUT2D eigenvalue weighted by Gasteiger charge is -2.13. The molecule has 8 bridgehead atoms. The molecule has 0 amide bonds. The van der Waals surface area contributed by atoms with Gasteiger partial charge in [-0.05, 0) is 135 Å². The summed E-state index contributed by atoms with van der Waals surface area (Å²) in [4.78, 5) is 29.7. The van der Waals surface area contributed by atoms with E-state index >= 15 is 0 Å². The Morgan fingerprint density at radius 3 is 1.54 bits per heavy atom. The highest BCUT2D eigenvalue weighted by Gasteiger charge is 2.20. The molecule has 0 fully saturated rings. The fourth-order valence-electron chi connectivity index (χ4n) is 7.85. The minimum atomic E-state index is 0.630. The summed E-state index contributed by atoms with van der Waals surface area (Å²) in [7, 11) is 0. The van der Waals surface area contributed by atoms with Gasteiger partial charge in [-0.1, -0.05) is 59.7 Å². The molecular formula is C45H38N4O. The highest BCUT2D eigenvalue weighted by molar-refractivity contribution is 5.99. The first-order valence-corrected chi connectivity index (χ1v) is 17.0. The van der Waals surface area contributed by atoms with Crippen LogP contribution in [-0.2, 0) is 0 Å². The molecule has 3 aromatic carbocycles. The molecule has 0 saturated heterocycles. The van der Waals surface area contributed by atoms with Crippen LogP contribution in [0.15, 0.2) is 78.9 Å². The van der Waals surface area contributed by atoms with Crippen molar-refractivity contribution in [3.8, 4) is 33.4 Å². The van der Waals surface area contributed by atoms with Crippen LogP contribution in [0.3, 0.4) is 0 Å². The maximum atomic E-state index is 11.6. The lowest BCUT2D eigenvalue weighted by Crippen LogP contribution is -1.94. The van der Waals surface area contributed by atoms with Gasteiger partial charge in [0.05, 0.1) is 22.8 Å². The van der Waals surface area contributed by atoms with Gasteiger partial charge in [0.25, 0.3) is 0 Å². The standard InChI is InChI=1S/C45H38N4O/c1-25-19-27(3)41(28(4)20-25)44-37-13-11-33(46-37)23-34-12-14-38(47-34)45(42-29(5)21-26(2)22-30(42)6)40-18-16-36(49-40)43(35-15-17-39(44)48-35)32-9-7-31(24-50)8-10-32/h7-24,46,49H,1-6H3. The number of rotatable bonds is 4. The van der Waals surface area contributed by atoms with Gasteiger partial charge in [-0.2, -0.15) is 0 Å². The molecule has 5 heterocycles. The summed E-state index contributed by atoms with van der Waals surface area (Å²) in [6.45, 7) is 13.0. The molecule has 2 aliphatic heterocycles. The second kappa shape index (κ2) is 12.1. The SMILES string of the molecule is Cc1cc(C)c(-c2c3nc(c(-c4ccc(C=O)cc4)c4ccc([nH]4)c(-c4c(C)cc(C)cc4C)c4nc(cc5ccc2[nH]5)C=C4)C=C3)c(C)c1. The molecule has 2 aliphatic rings. The topological polar surface area (TPSA) is 74.4 Å². The number of carbonyl (C=O) groups excluding carboxylic acids is 1. The second-order valence-corrected chi connectivity index (χ2v) is 13.6. The highest BCUT2D eigenvalue weighted by atomic mass is 16.1. The smallest absolute Gasteiger partial charge is 0.150 e. The van der Waals surface area contributed by atoms with Crippen molar-refractivity contribution in [2.75, 3.05) is 0 Å². The summed E-state index contributed by atoms with van der Waals surface area (Å²) in [5.41, 5.74) is 21.7. The number of fused-ring (bicyclic) bond motifs is 8. The van der Waals surface area contributed by atoms with Gasteiger partial charge in [0, 0.05) is 44.3 Å². The third-order valence-corrected chi connectivity index (χ3v) is 9.77. The molecule has 0 unspecified atom stereocenters. The summed E-state index contributed by atoms with van der Waals surface area (Å²) in [5.74, 6) is 0. The third-order valence-electron chi connectivity index (χ3n) is 9.77. The van der Waals surface area contributed by atoms with Gasteiger partial charge in [0.15, 0.2) is 0 Å². The number of aldehydes is 1. The van der Waals surface area contributed by atoms with Crippen molar-refractivity contribution in [3.63, 3.8) is 0 Å². The Morgan fingerprint density at radius 1 is 0.480 bits per heavy atom. The van der Waals surface area contributed by atoms with Crippen molar-refractivity contribution in [1.82, 2.24) is 19.9 Å². The van der Waals surface area contributed by atoms with E-state index in [-0.39, 0.29) is 0 Å². The van der Waals surface area contributed by atoms with Crippen LogP contribution in [0.5, 0.6) is 0 Å². The van der Waals surface area contributed by atoms with Crippen molar-refractivity contribution in [3.05, 3.63) is 141 Å². The Balaban J connectivity index is 1.55. The van der Waals surface area contributed by atoms with Crippen molar-refractivity contribution in [2.24, 2.45) is 0 Å². The van der Waals surface area contributed by atoms with Crippen molar-refractivity contribution in [1.29, 1.82) is 0 Å². The van der Waals surface area contributed by atoms with E-state index in [0.717, 1.165) is 73.4 Å². The first-order chi connectivity index (χ1) is 24.2. The lowest BCUT2D eigenvalue weighted by molar-refractivity contribution is 0.112. The van der Waals surface area contributed by atoms with E-state index in [1.165, 1.54) is 44.5 Å². The van der Waals surface area contributed by atoms with Crippen LogP contribution in [0.25, 0.3) is 79.8 Å². The van der Waals surface area contributed by atoms with E-state index in [9.17, 15) is 4.79 Å².